The second-order valence-electron chi connectivity index (χ2n) is 7.50. The molecule has 15 heteroatoms. The molecular formula is C24H26F3N5O6S. The number of aliphatic imine (C=N–C) groups is 1. The van der Waals surface area contributed by atoms with Crippen molar-refractivity contribution in [1.29, 1.82) is 0 Å². The number of hydrogen-bond acceptors (Lipinski definition) is 10. The largest absolute Gasteiger partial charge is 0.490 e. The minimum absolute atomic E-state index is 0.0989. The summed E-state index contributed by atoms with van der Waals surface area (Å²) in [6, 6.07) is 10.5. The molecule has 11 nitrogen and oxygen atoms in total. The number of amides is 2. The highest BCUT2D eigenvalue weighted by Gasteiger charge is 2.40. The van der Waals surface area contributed by atoms with Crippen LogP contribution in [0.5, 0.6) is 0 Å². The van der Waals surface area contributed by atoms with Crippen LogP contribution in [0.3, 0.4) is 0 Å². The SMILES string of the molecule is CCOC(=O)C(F)(F)F.O=C(CNC(=O)c1cccc(NC2=NCCS2)c1)NOC(=O)CCc1cccnc1. The van der Waals surface area contributed by atoms with Crippen molar-refractivity contribution in [1.82, 2.24) is 15.8 Å². The summed E-state index contributed by atoms with van der Waals surface area (Å²) in [5.74, 6) is -2.83. The maximum atomic E-state index is 12.3. The van der Waals surface area contributed by atoms with E-state index >= 15 is 0 Å². The lowest BCUT2D eigenvalue weighted by Crippen LogP contribution is -2.38. The number of anilines is 1. The lowest BCUT2D eigenvalue weighted by atomic mass is 10.2. The molecule has 39 heavy (non-hydrogen) atoms. The Hall–Kier alpha value is -4.14. The zero-order valence-electron chi connectivity index (χ0n) is 20.7. The van der Waals surface area contributed by atoms with Crippen molar-refractivity contribution >= 4 is 46.4 Å². The summed E-state index contributed by atoms with van der Waals surface area (Å²) in [5, 5.41) is 6.45. The number of halogens is 3. The minimum atomic E-state index is -4.85. The van der Waals surface area contributed by atoms with Crippen molar-refractivity contribution in [3.63, 3.8) is 0 Å². The number of carbonyl (C=O) groups excluding carboxylic acids is 4. The van der Waals surface area contributed by atoms with E-state index in [1.807, 2.05) is 17.6 Å². The lowest BCUT2D eigenvalue weighted by molar-refractivity contribution is -0.199. The van der Waals surface area contributed by atoms with Crippen LogP contribution in [-0.4, -0.2) is 65.5 Å². The molecule has 1 aliphatic heterocycles. The second-order valence-corrected chi connectivity index (χ2v) is 8.59. The molecule has 1 aliphatic rings. The number of nitrogens with one attached hydrogen (secondary N) is 3. The Morgan fingerprint density at radius 2 is 1.92 bits per heavy atom. The number of aromatic nitrogens is 1. The number of esters is 1. The molecule has 0 bridgehead atoms. The van der Waals surface area contributed by atoms with Crippen LogP contribution in [0.15, 0.2) is 53.8 Å². The van der Waals surface area contributed by atoms with E-state index in [1.54, 1.807) is 48.4 Å². The number of rotatable bonds is 8. The number of thioether (sulfide) groups is 1. The standard InChI is InChI=1S/C20H21N5O4S.C4H5F3O2/c26-17(25-29-18(27)7-6-14-3-2-8-21-12-14)13-23-19(28)15-4-1-5-16(11-15)24-20-22-9-10-30-20;1-2-9-3(8)4(5,6)7/h1-5,8,11-12H,6-7,9-10,13H2,(H,22,24)(H,23,28)(H,25,26);2H2,1H3. The first-order valence-electron chi connectivity index (χ1n) is 11.5. The Bertz CT molecular complexity index is 1160. The fourth-order valence-corrected chi connectivity index (χ4v) is 3.49. The van der Waals surface area contributed by atoms with Crippen LogP contribution in [0.4, 0.5) is 18.9 Å². The van der Waals surface area contributed by atoms with Crippen molar-refractivity contribution in [2.45, 2.75) is 25.9 Å². The van der Waals surface area contributed by atoms with Crippen LogP contribution >= 0.6 is 11.8 Å². The molecule has 3 N–H and O–H groups in total. The van der Waals surface area contributed by atoms with E-state index in [2.05, 4.69) is 25.3 Å². The summed E-state index contributed by atoms with van der Waals surface area (Å²) in [4.78, 5) is 58.5. The number of carbonyl (C=O) groups is 4. The monoisotopic (exact) mass is 569 g/mol. The Kier molecular flexibility index (Phi) is 12.7. The topological polar surface area (TPSA) is 148 Å². The summed E-state index contributed by atoms with van der Waals surface area (Å²) in [6.07, 6.45) is -0.995. The van der Waals surface area contributed by atoms with Crippen molar-refractivity contribution in [3.05, 3.63) is 59.9 Å². The molecule has 0 aliphatic carbocycles. The molecular weight excluding hydrogens is 543 g/mol. The van der Waals surface area contributed by atoms with E-state index < -0.39 is 29.9 Å². The summed E-state index contributed by atoms with van der Waals surface area (Å²) < 4.78 is 37.1. The van der Waals surface area contributed by atoms with Gasteiger partial charge in [-0.15, -0.1) is 0 Å². The van der Waals surface area contributed by atoms with Crippen LogP contribution in [0.1, 0.15) is 29.3 Å². The highest BCUT2D eigenvalue weighted by molar-refractivity contribution is 8.14. The molecule has 3 rings (SSSR count). The van der Waals surface area contributed by atoms with Gasteiger partial charge in [0, 0.05) is 29.4 Å². The van der Waals surface area contributed by atoms with E-state index in [0.717, 1.165) is 28.7 Å². The van der Waals surface area contributed by atoms with Gasteiger partial charge in [0.25, 0.3) is 11.8 Å². The van der Waals surface area contributed by atoms with Gasteiger partial charge >= 0.3 is 18.1 Å². The summed E-state index contributed by atoms with van der Waals surface area (Å²) >= 11 is 1.62. The Morgan fingerprint density at radius 1 is 1.13 bits per heavy atom. The zero-order valence-corrected chi connectivity index (χ0v) is 21.6. The number of pyridine rings is 1. The zero-order chi connectivity index (χ0) is 28.7. The van der Waals surface area contributed by atoms with Gasteiger partial charge in [0.1, 0.15) is 0 Å². The Balaban J connectivity index is 0.000000510. The molecule has 1 aromatic heterocycles. The maximum absolute atomic E-state index is 12.3. The summed E-state index contributed by atoms with van der Waals surface area (Å²) in [7, 11) is 0. The molecule has 0 radical (unpaired) electrons. The van der Waals surface area contributed by atoms with E-state index in [0.29, 0.717) is 12.0 Å². The van der Waals surface area contributed by atoms with Crippen molar-refractivity contribution in [3.8, 4) is 0 Å². The van der Waals surface area contributed by atoms with Crippen molar-refractivity contribution in [2.75, 3.05) is 30.8 Å². The third-order valence-electron chi connectivity index (χ3n) is 4.50. The Morgan fingerprint density at radius 3 is 2.54 bits per heavy atom. The molecule has 0 atom stereocenters. The van der Waals surface area contributed by atoms with Gasteiger partial charge in [0.2, 0.25) is 0 Å². The molecule has 2 aromatic rings. The first kappa shape index (κ1) is 31.1. The normalized spacial score (nSPS) is 12.3. The van der Waals surface area contributed by atoms with E-state index in [9.17, 15) is 32.3 Å². The minimum Gasteiger partial charge on any atom is -0.459 e. The van der Waals surface area contributed by atoms with Gasteiger partial charge in [-0.1, -0.05) is 23.9 Å². The lowest BCUT2D eigenvalue weighted by Gasteiger charge is -2.09. The number of nitrogens with zero attached hydrogens (tertiary/aromatic N) is 2. The average Bonchev–Trinajstić information content (AvgIpc) is 3.43. The average molecular weight is 570 g/mol. The first-order valence-corrected chi connectivity index (χ1v) is 12.5. The van der Waals surface area contributed by atoms with Crippen molar-refractivity contribution in [2.24, 2.45) is 4.99 Å². The molecule has 0 saturated carbocycles. The molecule has 2 amide bonds. The van der Waals surface area contributed by atoms with Gasteiger partial charge in [-0.25, -0.2) is 9.59 Å². The number of alkyl halides is 3. The molecule has 0 saturated heterocycles. The third kappa shape index (κ3) is 12.3. The van der Waals surface area contributed by atoms with E-state index in [-0.39, 0.29) is 19.6 Å². The first-order chi connectivity index (χ1) is 18.6. The molecule has 2 heterocycles. The smallest absolute Gasteiger partial charge is 0.459 e. The summed E-state index contributed by atoms with van der Waals surface area (Å²) in [5.41, 5.74) is 4.06. The predicted octanol–water partition coefficient (Wildman–Crippen LogP) is 2.65. The molecule has 210 valence electrons. The molecule has 0 unspecified atom stereocenters. The Labute approximate surface area is 225 Å². The van der Waals surface area contributed by atoms with E-state index in [4.69, 9.17) is 4.84 Å². The van der Waals surface area contributed by atoms with Crippen LogP contribution < -0.4 is 16.1 Å². The fraction of sp³-hybridized carbons (Fsp3) is 0.333. The van der Waals surface area contributed by atoms with Gasteiger partial charge < -0.3 is 20.2 Å². The van der Waals surface area contributed by atoms with Gasteiger partial charge in [-0.05, 0) is 43.2 Å². The van der Waals surface area contributed by atoms with Crippen LogP contribution in [0.2, 0.25) is 0 Å². The number of ether oxygens (including phenoxy) is 1. The highest BCUT2D eigenvalue weighted by Crippen LogP contribution is 2.17. The third-order valence-corrected chi connectivity index (χ3v) is 5.39. The number of aryl methyl sites for hydroxylation is 1. The number of hydrogen-bond donors (Lipinski definition) is 3. The number of hydroxylamine groups is 1. The maximum Gasteiger partial charge on any atom is 0.490 e. The molecule has 1 aromatic carbocycles. The fourth-order valence-electron chi connectivity index (χ4n) is 2.74. The van der Waals surface area contributed by atoms with Gasteiger partial charge in [0.15, 0.2) is 5.17 Å². The van der Waals surface area contributed by atoms with Gasteiger partial charge in [0.05, 0.1) is 26.1 Å². The molecule has 0 fully saturated rings. The quantitative estimate of drug-likeness (QED) is 0.322. The highest BCUT2D eigenvalue weighted by atomic mass is 32.2. The van der Waals surface area contributed by atoms with Crippen LogP contribution in [-0.2, 0) is 30.4 Å². The van der Waals surface area contributed by atoms with Gasteiger partial charge in [-0.2, -0.15) is 18.7 Å². The second kappa shape index (κ2) is 16.0. The number of benzene rings is 1. The van der Waals surface area contributed by atoms with Crippen LogP contribution in [0.25, 0.3) is 0 Å². The summed E-state index contributed by atoms with van der Waals surface area (Å²) in [6.45, 7) is 1.51. The van der Waals surface area contributed by atoms with Crippen LogP contribution in [0, 0.1) is 0 Å². The number of amidine groups is 1. The molecule has 0 spiro atoms. The predicted molar refractivity (Wildman–Crippen MR) is 137 cm³/mol. The van der Waals surface area contributed by atoms with Crippen molar-refractivity contribution < 1.29 is 41.9 Å². The van der Waals surface area contributed by atoms with E-state index in [1.165, 1.54) is 6.92 Å². The van der Waals surface area contributed by atoms with Gasteiger partial charge in [-0.3, -0.25) is 19.6 Å².